The van der Waals surface area contributed by atoms with Crippen LogP contribution in [0.15, 0.2) is 12.1 Å². The molecule has 1 aromatic carbocycles. The van der Waals surface area contributed by atoms with Crippen molar-refractivity contribution < 1.29 is 27.5 Å². The van der Waals surface area contributed by atoms with Gasteiger partial charge in [-0.25, -0.2) is 9.18 Å². The number of halogens is 5. The molecule has 0 aliphatic heterocycles. The fraction of sp³-hybridized carbons (Fsp3) is 0.125. The zero-order chi connectivity index (χ0) is 11.8. The van der Waals surface area contributed by atoms with Crippen LogP contribution in [0.3, 0.4) is 0 Å². The van der Waals surface area contributed by atoms with E-state index in [2.05, 4.69) is 0 Å². The van der Waals surface area contributed by atoms with Crippen LogP contribution in [0.1, 0.15) is 15.9 Å². The molecule has 0 amide bonds. The summed E-state index contributed by atoms with van der Waals surface area (Å²) >= 11 is 5.18. The molecular formula is C8H3ClF4O2. The number of hydrogen-bond donors (Lipinski definition) is 1. The summed E-state index contributed by atoms with van der Waals surface area (Å²) in [5, 5.41) is 7.59. The van der Waals surface area contributed by atoms with E-state index in [0.29, 0.717) is 12.1 Å². The minimum atomic E-state index is -5.01. The number of aromatic carboxylic acids is 1. The van der Waals surface area contributed by atoms with Crippen molar-refractivity contribution in [1.82, 2.24) is 0 Å². The lowest BCUT2D eigenvalue weighted by Gasteiger charge is -2.12. The van der Waals surface area contributed by atoms with Crippen LogP contribution in [0, 0.1) is 5.82 Å². The van der Waals surface area contributed by atoms with Gasteiger partial charge in [0.15, 0.2) is 0 Å². The molecule has 0 heterocycles. The third-order valence-corrected chi connectivity index (χ3v) is 1.92. The van der Waals surface area contributed by atoms with Crippen molar-refractivity contribution in [2.75, 3.05) is 0 Å². The van der Waals surface area contributed by atoms with Crippen LogP contribution in [0.4, 0.5) is 17.6 Å². The second-order valence-corrected chi connectivity index (χ2v) is 2.99. The molecule has 0 radical (unpaired) electrons. The Morgan fingerprint density at radius 1 is 1.33 bits per heavy atom. The number of benzene rings is 1. The first kappa shape index (κ1) is 11.8. The normalized spacial score (nSPS) is 11.5. The summed E-state index contributed by atoms with van der Waals surface area (Å²) in [6.07, 6.45) is -5.01. The predicted molar refractivity (Wildman–Crippen MR) is 43.4 cm³/mol. The largest absolute Gasteiger partial charge is 0.478 e. The van der Waals surface area contributed by atoms with E-state index < -0.39 is 34.1 Å². The average molecular weight is 243 g/mol. The summed E-state index contributed by atoms with van der Waals surface area (Å²) in [6.45, 7) is 0. The molecule has 0 aliphatic rings. The number of carboxylic acid groups (broad SMARTS) is 1. The molecule has 1 rings (SSSR count). The number of rotatable bonds is 1. The molecule has 82 valence electrons. The van der Waals surface area contributed by atoms with Crippen LogP contribution in [0.25, 0.3) is 0 Å². The number of carbonyl (C=O) groups is 1. The molecule has 0 bridgehead atoms. The first-order valence-corrected chi connectivity index (χ1v) is 3.91. The van der Waals surface area contributed by atoms with Gasteiger partial charge in [-0.05, 0) is 12.1 Å². The van der Waals surface area contributed by atoms with E-state index in [0.717, 1.165) is 0 Å². The lowest BCUT2D eigenvalue weighted by Crippen LogP contribution is -2.15. The van der Waals surface area contributed by atoms with Gasteiger partial charge in [0.2, 0.25) is 0 Å². The molecule has 0 saturated heterocycles. The molecule has 7 heteroatoms. The highest BCUT2D eigenvalue weighted by Gasteiger charge is 2.39. The predicted octanol–water partition coefficient (Wildman–Crippen LogP) is 3.20. The van der Waals surface area contributed by atoms with Gasteiger partial charge in [-0.15, -0.1) is 0 Å². The SMILES string of the molecule is O=C(O)c1c(F)ccc(Cl)c1C(F)(F)F. The molecule has 0 unspecified atom stereocenters. The fourth-order valence-corrected chi connectivity index (χ4v) is 1.30. The second-order valence-electron chi connectivity index (χ2n) is 2.58. The summed E-state index contributed by atoms with van der Waals surface area (Å²) in [6, 6.07) is 1.23. The Bertz CT molecular complexity index is 414. The van der Waals surface area contributed by atoms with Crippen LogP contribution >= 0.6 is 11.6 Å². The number of carboxylic acids is 1. The Kier molecular flexibility index (Phi) is 2.90. The van der Waals surface area contributed by atoms with Gasteiger partial charge in [0.25, 0.3) is 0 Å². The monoisotopic (exact) mass is 242 g/mol. The molecular weight excluding hydrogens is 240 g/mol. The summed E-state index contributed by atoms with van der Waals surface area (Å²) < 4.78 is 49.9. The van der Waals surface area contributed by atoms with Crippen molar-refractivity contribution in [2.24, 2.45) is 0 Å². The second kappa shape index (κ2) is 3.69. The van der Waals surface area contributed by atoms with Gasteiger partial charge in [0, 0.05) is 0 Å². The quantitative estimate of drug-likeness (QED) is 0.768. The molecule has 15 heavy (non-hydrogen) atoms. The molecule has 0 atom stereocenters. The number of alkyl halides is 3. The Hall–Kier alpha value is -1.30. The van der Waals surface area contributed by atoms with E-state index >= 15 is 0 Å². The lowest BCUT2D eigenvalue weighted by atomic mass is 10.1. The maximum atomic E-state index is 12.9. The minimum absolute atomic E-state index is 0.570. The van der Waals surface area contributed by atoms with Gasteiger partial charge < -0.3 is 5.11 Å². The van der Waals surface area contributed by atoms with E-state index in [4.69, 9.17) is 16.7 Å². The van der Waals surface area contributed by atoms with Gasteiger partial charge >= 0.3 is 12.1 Å². The Morgan fingerprint density at radius 2 is 1.87 bits per heavy atom. The van der Waals surface area contributed by atoms with Crippen molar-refractivity contribution in [3.05, 3.63) is 34.1 Å². The van der Waals surface area contributed by atoms with Crippen molar-refractivity contribution in [2.45, 2.75) is 6.18 Å². The molecule has 2 nitrogen and oxygen atoms in total. The average Bonchev–Trinajstić information content (AvgIpc) is 2.05. The highest BCUT2D eigenvalue weighted by atomic mass is 35.5. The zero-order valence-corrected chi connectivity index (χ0v) is 7.66. The molecule has 0 aromatic heterocycles. The topological polar surface area (TPSA) is 37.3 Å². The smallest absolute Gasteiger partial charge is 0.418 e. The first-order valence-electron chi connectivity index (χ1n) is 3.53. The summed E-state index contributed by atoms with van der Waals surface area (Å²) in [5.74, 6) is -3.48. The van der Waals surface area contributed by atoms with Gasteiger partial charge in [-0.1, -0.05) is 11.6 Å². The summed E-state index contributed by atoms with van der Waals surface area (Å²) in [4.78, 5) is 10.4. The third-order valence-electron chi connectivity index (χ3n) is 1.60. The van der Waals surface area contributed by atoms with Crippen LogP contribution < -0.4 is 0 Å². The Morgan fingerprint density at radius 3 is 2.20 bits per heavy atom. The van der Waals surface area contributed by atoms with Crippen molar-refractivity contribution in [3.63, 3.8) is 0 Å². The Labute approximate surface area is 86.1 Å². The van der Waals surface area contributed by atoms with Crippen LogP contribution in [-0.2, 0) is 6.18 Å². The molecule has 1 aromatic rings. The third kappa shape index (κ3) is 2.20. The Balaban J connectivity index is 3.60. The van der Waals surface area contributed by atoms with Crippen LogP contribution in [-0.4, -0.2) is 11.1 Å². The van der Waals surface area contributed by atoms with Crippen molar-refractivity contribution >= 4 is 17.6 Å². The van der Waals surface area contributed by atoms with Crippen LogP contribution in [0.5, 0.6) is 0 Å². The van der Waals surface area contributed by atoms with E-state index in [1.54, 1.807) is 0 Å². The van der Waals surface area contributed by atoms with Gasteiger partial charge in [-0.2, -0.15) is 13.2 Å². The highest BCUT2D eigenvalue weighted by Crippen LogP contribution is 2.38. The standard InChI is InChI=1S/C8H3ClF4O2/c9-3-1-2-4(10)5(7(14)15)6(3)8(11,12)13/h1-2H,(H,14,15). The minimum Gasteiger partial charge on any atom is -0.478 e. The van der Waals surface area contributed by atoms with E-state index in [1.807, 2.05) is 0 Å². The van der Waals surface area contributed by atoms with E-state index in [-0.39, 0.29) is 0 Å². The highest BCUT2D eigenvalue weighted by molar-refractivity contribution is 6.31. The summed E-state index contributed by atoms with van der Waals surface area (Å²) in [7, 11) is 0. The van der Waals surface area contributed by atoms with Gasteiger partial charge in [-0.3, -0.25) is 0 Å². The number of hydrogen-bond acceptors (Lipinski definition) is 1. The molecule has 0 saturated carbocycles. The lowest BCUT2D eigenvalue weighted by molar-refractivity contribution is -0.138. The molecule has 0 fully saturated rings. The summed E-state index contributed by atoms with van der Waals surface area (Å²) in [5.41, 5.74) is -3.13. The fourth-order valence-electron chi connectivity index (χ4n) is 1.04. The molecule has 1 N–H and O–H groups in total. The van der Waals surface area contributed by atoms with Crippen LogP contribution in [0.2, 0.25) is 5.02 Å². The molecule has 0 spiro atoms. The zero-order valence-electron chi connectivity index (χ0n) is 6.90. The maximum absolute atomic E-state index is 12.9. The van der Waals surface area contributed by atoms with E-state index in [9.17, 15) is 22.4 Å². The van der Waals surface area contributed by atoms with Gasteiger partial charge in [0.1, 0.15) is 11.4 Å². The maximum Gasteiger partial charge on any atom is 0.418 e. The van der Waals surface area contributed by atoms with E-state index in [1.165, 1.54) is 0 Å². The van der Waals surface area contributed by atoms with Gasteiger partial charge in [0.05, 0.1) is 10.6 Å². The first-order chi connectivity index (χ1) is 6.75. The molecule has 0 aliphatic carbocycles. The van der Waals surface area contributed by atoms with Crippen molar-refractivity contribution in [3.8, 4) is 0 Å². The van der Waals surface area contributed by atoms with Crippen molar-refractivity contribution in [1.29, 1.82) is 0 Å².